The molecule has 3 aromatic rings. The smallest absolute Gasteiger partial charge is 0.269 e. The van der Waals surface area contributed by atoms with E-state index in [0.717, 1.165) is 11.4 Å². The van der Waals surface area contributed by atoms with Gasteiger partial charge in [0.25, 0.3) is 5.56 Å². The average Bonchev–Trinajstić information content (AvgIpc) is 2.77. The van der Waals surface area contributed by atoms with Gasteiger partial charge in [-0.2, -0.15) is 0 Å². The molecular weight excluding hydrogens is 326 g/mol. The molecule has 8 heteroatoms. The van der Waals surface area contributed by atoms with Crippen LogP contribution in [0.2, 0.25) is 0 Å². The molecule has 1 aromatic carbocycles. The number of ether oxygens (including phenoxy) is 1. The molecule has 0 aliphatic heterocycles. The van der Waals surface area contributed by atoms with Crippen LogP contribution in [-0.2, 0) is 12.6 Å². The first kappa shape index (κ1) is 14.2. The van der Waals surface area contributed by atoms with Gasteiger partial charge in [-0.3, -0.25) is 9.36 Å². The van der Waals surface area contributed by atoms with Crippen molar-refractivity contribution in [2.45, 2.75) is 12.1 Å². The molecule has 0 unspecified atom stereocenters. The standard InChI is InChI=1S/C13H11N3O2S3/c1-2-18-8-5-3-7(4-6-8)16-10-9(21-13(16)20)11(17)15-12(19)14-10/h3-6H,2H2,1H3,(H2,14,15,17,19)/p-1. The molecule has 2 aromatic heterocycles. The first-order valence-corrected chi connectivity index (χ1v) is 7.79. The molecule has 0 atom stereocenters. The van der Waals surface area contributed by atoms with Gasteiger partial charge in [-0.1, -0.05) is 11.3 Å². The van der Waals surface area contributed by atoms with Gasteiger partial charge in [0.1, 0.15) is 10.4 Å². The lowest BCUT2D eigenvalue weighted by molar-refractivity contribution is 0.340. The molecule has 0 spiro atoms. The lowest BCUT2D eigenvalue weighted by atomic mass is 10.3. The van der Waals surface area contributed by atoms with Crippen molar-refractivity contribution in [2.24, 2.45) is 0 Å². The number of nitrogens with one attached hydrogen (secondary N) is 1. The summed E-state index contributed by atoms with van der Waals surface area (Å²) in [6.07, 6.45) is 0. The molecule has 3 rings (SSSR count). The minimum Gasteiger partial charge on any atom is -0.742 e. The molecule has 108 valence electrons. The van der Waals surface area contributed by atoms with E-state index >= 15 is 0 Å². The predicted octanol–water partition coefficient (Wildman–Crippen LogP) is 2.81. The van der Waals surface area contributed by atoms with Gasteiger partial charge in [0.05, 0.1) is 6.61 Å². The van der Waals surface area contributed by atoms with Gasteiger partial charge >= 0.3 is 0 Å². The van der Waals surface area contributed by atoms with Crippen LogP contribution in [0.25, 0.3) is 16.0 Å². The third-order valence-electron chi connectivity index (χ3n) is 2.83. The minimum absolute atomic E-state index is 0.153. The number of aromatic nitrogens is 3. The lowest BCUT2D eigenvalue weighted by Crippen LogP contribution is -2.09. The molecule has 1 N–H and O–H groups in total. The fraction of sp³-hybridized carbons (Fsp3) is 0.154. The monoisotopic (exact) mass is 336 g/mol. The van der Waals surface area contributed by atoms with E-state index in [2.05, 4.69) is 9.97 Å². The molecule has 0 bridgehead atoms. The van der Waals surface area contributed by atoms with Crippen molar-refractivity contribution < 1.29 is 4.74 Å². The molecule has 5 nitrogen and oxygen atoms in total. The third-order valence-corrected chi connectivity index (χ3v) is 4.38. The Kier molecular flexibility index (Phi) is 3.75. The number of H-pyrrole nitrogens is 1. The van der Waals surface area contributed by atoms with E-state index in [1.165, 1.54) is 11.3 Å². The molecule has 0 aliphatic carbocycles. The van der Waals surface area contributed by atoms with Crippen molar-refractivity contribution in [3.05, 3.63) is 38.6 Å². The first-order chi connectivity index (χ1) is 10.1. The Labute approximate surface area is 134 Å². The van der Waals surface area contributed by atoms with Crippen LogP contribution in [-0.4, -0.2) is 21.1 Å². The largest absolute Gasteiger partial charge is 0.742 e. The highest BCUT2D eigenvalue weighted by molar-refractivity contribution is 7.73. The number of fused-ring (bicyclic) bond motifs is 1. The van der Waals surface area contributed by atoms with Crippen molar-refractivity contribution in [3.63, 3.8) is 0 Å². The van der Waals surface area contributed by atoms with Crippen LogP contribution >= 0.6 is 23.6 Å². The maximum Gasteiger partial charge on any atom is 0.269 e. The average molecular weight is 336 g/mol. The second kappa shape index (κ2) is 5.55. The van der Waals surface area contributed by atoms with E-state index in [-0.39, 0.29) is 10.7 Å². The highest BCUT2D eigenvalue weighted by Crippen LogP contribution is 2.24. The van der Waals surface area contributed by atoms with Crippen molar-refractivity contribution in [1.29, 1.82) is 0 Å². The van der Waals surface area contributed by atoms with Crippen LogP contribution in [0.5, 0.6) is 5.75 Å². The molecule has 0 aliphatic rings. The first-order valence-electron chi connectivity index (χ1n) is 6.16. The molecule has 0 saturated heterocycles. The van der Waals surface area contributed by atoms with E-state index in [1.54, 1.807) is 4.57 Å². The summed E-state index contributed by atoms with van der Waals surface area (Å²) < 4.78 is 8.18. The fourth-order valence-electron chi connectivity index (χ4n) is 1.98. The number of thiazole rings is 1. The zero-order chi connectivity index (χ0) is 15.0. The fourth-order valence-corrected chi connectivity index (χ4v) is 3.43. The number of rotatable bonds is 3. The van der Waals surface area contributed by atoms with Crippen molar-refractivity contribution in [1.82, 2.24) is 14.5 Å². The number of nitrogens with zero attached hydrogens (tertiary/aromatic N) is 2. The number of aromatic amines is 1. The normalized spacial score (nSPS) is 10.9. The Morgan fingerprint density at radius 1 is 1.43 bits per heavy atom. The van der Waals surface area contributed by atoms with Gasteiger partial charge in [-0.25, -0.2) is 4.98 Å². The summed E-state index contributed by atoms with van der Waals surface area (Å²) in [5.74, 6) is 0.780. The summed E-state index contributed by atoms with van der Waals surface area (Å²) in [7, 11) is 0. The van der Waals surface area contributed by atoms with Gasteiger partial charge in [0.15, 0.2) is 9.60 Å². The predicted molar refractivity (Wildman–Crippen MR) is 87.2 cm³/mol. The molecule has 0 amide bonds. The van der Waals surface area contributed by atoms with Crippen molar-refractivity contribution in [3.8, 4) is 11.4 Å². The quantitative estimate of drug-likeness (QED) is 0.453. The zero-order valence-corrected chi connectivity index (χ0v) is 13.4. The summed E-state index contributed by atoms with van der Waals surface area (Å²) in [6, 6.07) is 7.45. The van der Waals surface area contributed by atoms with Crippen LogP contribution in [0.15, 0.2) is 34.2 Å². The second-order valence-corrected chi connectivity index (χ2v) is 6.18. The van der Waals surface area contributed by atoms with Gasteiger partial charge in [0.2, 0.25) is 0 Å². The molecule has 0 fully saturated rings. The summed E-state index contributed by atoms with van der Waals surface area (Å²) in [5, 5.41) is 0.153. The third kappa shape index (κ3) is 2.57. The molecule has 0 radical (unpaired) electrons. The number of hydrogen-bond donors (Lipinski definition) is 1. The second-order valence-electron chi connectivity index (χ2n) is 4.15. The molecule has 0 saturated carbocycles. The Hall–Kier alpha value is -1.77. The number of benzene rings is 1. The molecule has 2 heterocycles. The van der Waals surface area contributed by atoms with E-state index in [4.69, 9.17) is 29.6 Å². The van der Waals surface area contributed by atoms with Gasteiger partial charge in [-0.05, 0) is 48.6 Å². The van der Waals surface area contributed by atoms with Crippen LogP contribution in [0.4, 0.5) is 0 Å². The maximum atomic E-state index is 11.9. The summed E-state index contributed by atoms with van der Waals surface area (Å²) in [6.45, 7) is 2.54. The van der Waals surface area contributed by atoms with Gasteiger partial charge in [0, 0.05) is 5.69 Å². The van der Waals surface area contributed by atoms with Crippen molar-refractivity contribution >= 4 is 46.5 Å². The summed E-state index contributed by atoms with van der Waals surface area (Å²) in [4.78, 5) is 18.6. The van der Waals surface area contributed by atoms with Crippen LogP contribution in [0.1, 0.15) is 6.92 Å². The highest BCUT2D eigenvalue weighted by Gasteiger charge is 2.11. The van der Waals surface area contributed by atoms with E-state index in [9.17, 15) is 4.79 Å². The van der Waals surface area contributed by atoms with Gasteiger partial charge < -0.3 is 22.3 Å². The van der Waals surface area contributed by atoms with E-state index in [1.807, 2.05) is 31.2 Å². The van der Waals surface area contributed by atoms with Crippen LogP contribution in [0, 0.1) is 3.95 Å². The maximum absolute atomic E-state index is 11.9. The van der Waals surface area contributed by atoms with Gasteiger partial charge in [-0.15, -0.1) is 0 Å². The van der Waals surface area contributed by atoms with Crippen molar-refractivity contribution in [2.75, 3.05) is 6.61 Å². The minimum atomic E-state index is -0.259. The SMILES string of the molecule is CCOc1ccc(-n2c(=S)sc3c(=O)[nH]c([S-])nc32)cc1. The Balaban J connectivity index is 2.22. The van der Waals surface area contributed by atoms with Crippen LogP contribution < -0.4 is 10.3 Å². The Morgan fingerprint density at radius 3 is 2.81 bits per heavy atom. The van der Waals surface area contributed by atoms with E-state index < -0.39 is 0 Å². The number of hydrogen-bond acceptors (Lipinski definition) is 6. The molecule has 21 heavy (non-hydrogen) atoms. The molecular formula is C13H10N3O2S3-. The topological polar surface area (TPSA) is 59.9 Å². The highest BCUT2D eigenvalue weighted by atomic mass is 32.1. The lowest BCUT2D eigenvalue weighted by Gasteiger charge is -2.08. The van der Waals surface area contributed by atoms with Crippen LogP contribution in [0.3, 0.4) is 0 Å². The zero-order valence-electron chi connectivity index (χ0n) is 11.0. The Morgan fingerprint density at radius 2 is 2.14 bits per heavy atom. The summed E-state index contributed by atoms with van der Waals surface area (Å²) >= 11 is 11.5. The Bertz CT molecular complexity index is 909. The summed E-state index contributed by atoms with van der Waals surface area (Å²) in [5.41, 5.74) is 1.05. The van der Waals surface area contributed by atoms with E-state index in [0.29, 0.717) is 20.9 Å².